The van der Waals surface area contributed by atoms with Gasteiger partial charge in [-0.05, 0) is 0 Å². The Labute approximate surface area is 116 Å². The molecule has 0 atom stereocenters. The molecule has 0 rings (SSSR count). The average molecular weight is 322 g/mol. The molecule has 0 saturated heterocycles. The standard InChI is InChI=1S/3Al.2H3O4P.3H2O/c;;;2*1-5(2,3)4;;;/h;;;2*(H3,1,2,3,4);3*1H2/q3*+3;;;;;/p-9. The Kier molecular flexibility index (Phi) is 41.9. The van der Waals surface area contributed by atoms with Crippen molar-refractivity contribution in [3.8, 4) is 0 Å². The van der Waals surface area contributed by atoms with Crippen LogP contribution in [-0.2, 0) is 9.13 Å². The molecule has 0 aliphatic carbocycles. The van der Waals surface area contributed by atoms with Crippen LogP contribution in [0.15, 0.2) is 0 Å². The van der Waals surface area contributed by atoms with Crippen LogP contribution in [0.5, 0.6) is 0 Å². The summed E-state index contributed by atoms with van der Waals surface area (Å²) in [6.07, 6.45) is 0. The van der Waals surface area contributed by atoms with Crippen molar-refractivity contribution in [2.75, 3.05) is 0 Å². The van der Waals surface area contributed by atoms with E-state index in [-0.39, 0.29) is 0 Å². The number of hydrogen-bond acceptors (Lipinski definition) is 11. The minimum atomic E-state index is -5.39. The fourth-order valence-corrected chi connectivity index (χ4v) is 0. The Morgan fingerprint density at radius 1 is 0.562 bits per heavy atom. The second-order valence-electron chi connectivity index (χ2n) is 0.894. The van der Waals surface area contributed by atoms with Crippen LogP contribution in [0.4, 0.5) is 0 Å². The van der Waals surface area contributed by atoms with Crippen molar-refractivity contribution in [1.29, 1.82) is 0 Å². The Bertz CT molecular complexity index is 132. The summed E-state index contributed by atoms with van der Waals surface area (Å²) >= 11 is 4.25. The quantitative estimate of drug-likeness (QED) is 0.279. The van der Waals surface area contributed by atoms with Gasteiger partial charge in [-0.3, -0.25) is 0 Å². The van der Waals surface area contributed by atoms with Crippen LogP contribution in [-0.4, -0.2) is 62.3 Å². The molecule has 0 aromatic rings. The Morgan fingerprint density at radius 3 is 0.562 bits per heavy atom. The van der Waals surface area contributed by atoms with E-state index in [0.717, 1.165) is 0 Å². The summed E-state index contributed by atoms with van der Waals surface area (Å²) in [6, 6.07) is 0. The van der Waals surface area contributed by atoms with Crippen LogP contribution in [0.3, 0.4) is 0 Å². The summed E-state index contributed by atoms with van der Waals surface area (Å²) in [6.45, 7) is 0. The summed E-state index contributed by atoms with van der Waals surface area (Å²) in [5.74, 6) is 0. The van der Waals surface area contributed by atoms with E-state index >= 15 is 0 Å². The zero-order valence-corrected chi connectivity index (χ0v) is 12.5. The van der Waals surface area contributed by atoms with Gasteiger partial charge in [-0.15, -0.1) is 0 Å². The third-order valence-corrected chi connectivity index (χ3v) is 0. The van der Waals surface area contributed by atoms with Gasteiger partial charge in [0.15, 0.2) is 0 Å². The van der Waals surface area contributed by atoms with E-state index in [9.17, 15) is 0 Å². The predicted molar refractivity (Wildman–Crippen MR) is 39.1 cm³/mol. The first kappa shape index (κ1) is 30.6. The number of rotatable bonds is 0. The zero-order chi connectivity index (χ0) is 15.0. The molecule has 0 amide bonds. The van der Waals surface area contributed by atoms with Gasteiger partial charge in [0.1, 0.15) is 0 Å². The van der Waals surface area contributed by atoms with E-state index in [1.807, 2.05) is 0 Å². The SMILES string of the molecule is O=P([O-])([O-])[O-].O=P([O-])([O-])[O-].[OH][Al+2].[OH][Al+2].[OH][Al+2]. The van der Waals surface area contributed by atoms with Gasteiger partial charge in [-0.1, -0.05) is 0 Å². The van der Waals surface area contributed by atoms with Crippen LogP contribution in [0.1, 0.15) is 0 Å². The van der Waals surface area contributed by atoms with Gasteiger partial charge in [0.2, 0.25) is 0 Å². The molecule has 0 aromatic carbocycles. The molecular weight excluding hydrogens is 319 g/mol. The van der Waals surface area contributed by atoms with Crippen LogP contribution in [0, 0.1) is 0 Å². The molecule has 16 heavy (non-hydrogen) atoms. The van der Waals surface area contributed by atoms with Crippen molar-refractivity contribution in [3.63, 3.8) is 0 Å². The molecule has 0 unspecified atom stereocenters. The Hall–Kier alpha value is 1.70. The van der Waals surface area contributed by atoms with Gasteiger partial charge in [-0.25, -0.2) is 0 Å². The maximum absolute atomic E-state index is 8.55. The monoisotopic (exact) mass is 322 g/mol. The molecule has 88 valence electrons. The Balaban J connectivity index is -0.0000000345. The van der Waals surface area contributed by atoms with E-state index in [4.69, 9.17) is 51.0 Å². The molecule has 0 aliphatic rings. The molecule has 3 N–H and O–H groups in total. The number of hydrogen-bond donors (Lipinski definition) is 3. The van der Waals surface area contributed by atoms with E-state index in [2.05, 4.69) is 0 Å². The van der Waals surface area contributed by atoms with Crippen molar-refractivity contribution in [2.24, 2.45) is 0 Å². The second-order valence-corrected chi connectivity index (χ2v) is 2.68. The third-order valence-electron chi connectivity index (χ3n) is 0. The van der Waals surface area contributed by atoms with Gasteiger partial charge in [0.25, 0.3) is 0 Å². The van der Waals surface area contributed by atoms with Gasteiger partial charge in [0, 0.05) is 0 Å². The molecule has 0 aliphatic heterocycles. The topological polar surface area (TPSA) is 233 Å². The molecule has 0 heterocycles. The summed E-state index contributed by atoms with van der Waals surface area (Å²) in [5, 5.41) is 0. The molecule has 11 nitrogen and oxygen atoms in total. The van der Waals surface area contributed by atoms with Gasteiger partial charge in [-0.2, -0.15) is 15.6 Å². The molecule has 0 radical (unpaired) electrons. The number of phosphoric acid groups is 2. The van der Waals surface area contributed by atoms with E-state index in [0.29, 0.717) is 0 Å². The first-order valence-corrected chi connectivity index (χ1v) is 6.71. The first-order valence-electron chi connectivity index (χ1n) is 2.24. The van der Waals surface area contributed by atoms with E-state index in [1.54, 1.807) is 0 Å². The molecule has 0 saturated carbocycles. The van der Waals surface area contributed by atoms with Gasteiger partial charge < -0.3 is 38.5 Å². The average Bonchev–Trinajstić information content (AvgIpc) is 2.08. The van der Waals surface area contributed by atoms with Gasteiger partial charge in [0.05, 0.1) is 0 Å². The van der Waals surface area contributed by atoms with Crippen molar-refractivity contribution in [3.05, 3.63) is 0 Å². The van der Waals surface area contributed by atoms with Crippen molar-refractivity contribution in [2.45, 2.75) is 0 Å². The van der Waals surface area contributed by atoms with Gasteiger partial charge >= 0.3 is 62.3 Å². The predicted octanol–water partition coefficient (Wildman–Crippen LogP) is -8.46. The van der Waals surface area contributed by atoms with Crippen molar-refractivity contribution < 1.29 is 51.0 Å². The summed E-state index contributed by atoms with van der Waals surface area (Å²) < 4.78 is 37.8. The second kappa shape index (κ2) is 21.9. The normalized spacial score (nSPS) is 8.69. The van der Waals surface area contributed by atoms with E-state index in [1.165, 1.54) is 49.9 Å². The molecule has 0 aromatic heterocycles. The maximum atomic E-state index is 8.55. The minimum absolute atomic E-state index is 1.42. The van der Waals surface area contributed by atoms with Crippen LogP contribution in [0.2, 0.25) is 0 Å². The summed E-state index contributed by atoms with van der Waals surface area (Å²) in [4.78, 5) is 51.3. The van der Waals surface area contributed by atoms with Crippen LogP contribution < -0.4 is 29.4 Å². The van der Waals surface area contributed by atoms with Crippen LogP contribution in [0.25, 0.3) is 0 Å². The van der Waals surface area contributed by atoms with Crippen LogP contribution >= 0.6 is 15.6 Å². The molecule has 0 bridgehead atoms. The molecule has 0 spiro atoms. The fraction of sp³-hybridized carbons (Fsp3) is 0. The Morgan fingerprint density at radius 2 is 0.562 bits per heavy atom. The first-order chi connectivity index (χ1) is 7.00. The summed E-state index contributed by atoms with van der Waals surface area (Å²) in [7, 11) is -10.8. The zero-order valence-electron chi connectivity index (χ0n) is 7.23. The molecule has 16 heteroatoms. The molecule has 0 fully saturated rings. The summed E-state index contributed by atoms with van der Waals surface area (Å²) in [5.41, 5.74) is 0. The van der Waals surface area contributed by atoms with Crippen molar-refractivity contribution in [1.82, 2.24) is 0 Å². The van der Waals surface area contributed by atoms with Crippen molar-refractivity contribution >= 4 is 65.5 Å². The fourth-order valence-electron chi connectivity index (χ4n) is 0. The van der Waals surface area contributed by atoms with E-state index < -0.39 is 15.6 Å². The third kappa shape index (κ3) is 1180. The molecular formula is H3Al3O11P2.